The van der Waals surface area contributed by atoms with Gasteiger partial charge in [0.1, 0.15) is 0 Å². The molecule has 0 aromatic rings. The van der Waals surface area contributed by atoms with Crippen LogP contribution in [0.1, 0.15) is 45.4 Å². The molecule has 0 heterocycles. The Balaban J connectivity index is 3.91. The van der Waals surface area contributed by atoms with E-state index in [1.807, 2.05) is 12.2 Å². The SMILES string of the molecule is CC/C=C\C/C=C\C[C@@H](O)\C=C/C=C\C=C\[C@@H](O)C/C=C\CCC(=O)O. The molecular formula is C22H32O4. The van der Waals surface area contributed by atoms with E-state index >= 15 is 0 Å². The molecule has 144 valence electrons. The summed E-state index contributed by atoms with van der Waals surface area (Å²) in [4.78, 5) is 10.3. The Morgan fingerprint density at radius 1 is 0.808 bits per heavy atom. The van der Waals surface area contributed by atoms with Gasteiger partial charge in [0.25, 0.3) is 0 Å². The van der Waals surface area contributed by atoms with E-state index in [1.165, 1.54) is 0 Å². The Kier molecular flexibility index (Phi) is 16.2. The average molecular weight is 360 g/mol. The molecular weight excluding hydrogens is 328 g/mol. The molecule has 0 saturated carbocycles. The second-order valence-electron chi connectivity index (χ2n) is 5.75. The van der Waals surface area contributed by atoms with Gasteiger partial charge >= 0.3 is 5.97 Å². The number of carbonyl (C=O) groups is 1. The summed E-state index contributed by atoms with van der Waals surface area (Å²) in [7, 11) is 0. The highest BCUT2D eigenvalue weighted by atomic mass is 16.4. The summed E-state index contributed by atoms with van der Waals surface area (Å²) in [5, 5.41) is 28.0. The van der Waals surface area contributed by atoms with Crippen molar-refractivity contribution in [2.24, 2.45) is 0 Å². The van der Waals surface area contributed by atoms with Gasteiger partial charge in [0.15, 0.2) is 0 Å². The van der Waals surface area contributed by atoms with E-state index in [2.05, 4.69) is 19.1 Å². The minimum atomic E-state index is -0.821. The van der Waals surface area contributed by atoms with E-state index in [-0.39, 0.29) is 6.42 Å². The third-order valence-corrected chi connectivity index (χ3v) is 3.29. The summed E-state index contributed by atoms with van der Waals surface area (Å²) < 4.78 is 0. The molecule has 0 radical (unpaired) electrons. The molecule has 3 N–H and O–H groups in total. The van der Waals surface area contributed by atoms with Gasteiger partial charge in [-0.3, -0.25) is 4.79 Å². The number of hydrogen-bond acceptors (Lipinski definition) is 3. The van der Waals surface area contributed by atoms with E-state index < -0.39 is 18.2 Å². The van der Waals surface area contributed by atoms with Crippen molar-refractivity contribution in [3.8, 4) is 0 Å². The number of aliphatic carboxylic acids is 1. The van der Waals surface area contributed by atoms with E-state index in [4.69, 9.17) is 5.11 Å². The number of carboxylic acids is 1. The summed E-state index contributed by atoms with van der Waals surface area (Å²) in [5.41, 5.74) is 0. The quantitative estimate of drug-likeness (QED) is 0.315. The highest BCUT2D eigenvalue weighted by molar-refractivity contribution is 5.66. The van der Waals surface area contributed by atoms with Gasteiger partial charge in [-0.15, -0.1) is 0 Å². The molecule has 0 amide bonds. The maximum absolute atomic E-state index is 10.3. The van der Waals surface area contributed by atoms with Crippen LogP contribution in [0.2, 0.25) is 0 Å². The topological polar surface area (TPSA) is 77.8 Å². The molecule has 0 aliphatic rings. The minimum Gasteiger partial charge on any atom is -0.481 e. The molecule has 4 nitrogen and oxygen atoms in total. The Hall–Kier alpha value is -2.17. The van der Waals surface area contributed by atoms with Crippen LogP contribution < -0.4 is 0 Å². The first-order chi connectivity index (χ1) is 12.6. The molecule has 0 spiro atoms. The Bertz CT molecular complexity index is 524. The van der Waals surface area contributed by atoms with E-state index in [1.54, 1.807) is 48.6 Å². The van der Waals surface area contributed by atoms with Crippen LogP contribution >= 0.6 is 0 Å². The lowest BCUT2D eigenvalue weighted by molar-refractivity contribution is -0.136. The summed E-state index contributed by atoms with van der Waals surface area (Å²) in [6, 6.07) is 0. The molecule has 0 aliphatic heterocycles. The zero-order valence-corrected chi connectivity index (χ0v) is 15.6. The van der Waals surface area contributed by atoms with Crippen LogP contribution in [0, 0.1) is 0 Å². The molecule has 26 heavy (non-hydrogen) atoms. The monoisotopic (exact) mass is 360 g/mol. The first-order valence-electron chi connectivity index (χ1n) is 9.10. The fraction of sp³-hybridized carbons (Fsp3) is 0.409. The largest absolute Gasteiger partial charge is 0.481 e. The van der Waals surface area contributed by atoms with Gasteiger partial charge in [-0.2, -0.15) is 0 Å². The second-order valence-corrected chi connectivity index (χ2v) is 5.75. The van der Waals surface area contributed by atoms with Crippen LogP contribution in [0.4, 0.5) is 0 Å². The predicted octanol–water partition coefficient (Wildman–Crippen LogP) is 4.49. The number of allylic oxidation sites excluding steroid dienone is 8. The van der Waals surface area contributed by atoms with E-state index in [0.29, 0.717) is 19.3 Å². The van der Waals surface area contributed by atoms with Crippen molar-refractivity contribution in [1.29, 1.82) is 0 Å². The Labute approximate surface area is 157 Å². The maximum atomic E-state index is 10.3. The first-order valence-corrected chi connectivity index (χ1v) is 9.10. The number of aliphatic hydroxyl groups is 2. The molecule has 0 bridgehead atoms. The van der Waals surface area contributed by atoms with E-state index in [9.17, 15) is 15.0 Å². The standard InChI is InChI=1S/C22H32O4/c1-2-3-4-5-6-10-15-20(23)16-11-7-8-12-17-21(24)18-13-9-14-19-22(25)26/h3-4,6-13,16-17,20-21,23-24H,2,5,14-15,18-19H2,1H3,(H,25,26)/b4-3-,8-7-,10-6-,13-9-,16-11-,17-12+/t20-,21-/m1/s1. The number of hydrogen-bond donors (Lipinski definition) is 3. The van der Waals surface area contributed by atoms with Crippen molar-refractivity contribution in [2.75, 3.05) is 0 Å². The fourth-order valence-electron chi connectivity index (χ4n) is 1.90. The predicted molar refractivity (Wildman–Crippen MR) is 108 cm³/mol. The summed E-state index contributed by atoms with van der Waals surface area (Å²) >= 11 is 0. The molecule has 0 aliphatic carbocycles. The van der Waals surface area contributed by atoms with Crippen LogP contribution in [-0.2, 0) is 4.79 Å². The van der Waals surface area contributed by atoms with Crippen molar-refractivity contribution < 1.29 is 20.1 Å². The third-order valence-electron chi connectivity index (χ3n) is 3.29. The Morgan fingerprint density at radius 2 is 1.35 bits per heavy atom. The van der Waals surface area contributed by atoms with Gasteiger partial charge in [0, 0.05) is 6.42 Å². The summed E-state index contributed by atoms with van der Waals surface area (Å²) in [5.74, 6) is -0.821. The molecule has 0 unspecified atom stereocenters. The van der Waals surface area contributed by atoms with E-state index in [0.717, 1.165) is 12.8 Å². The number of rotatable bonds is 14. The summed E-state index contributed by atoms with van der Waals surface area (Å²) in [6.45, 7) is 2.10. The van der Waals surface area contributed by atoms with Crippen LogP contribution in [0.15, 0.2) is 72.9 Å². The highest BCUT2D eigenvalue weighted by Gasteiger charge is 1.95. The zero-order chi connectivity index (χ0) is 19.5. The molecule has 0 rings (SSSR count). The van der Waals surface area contributed by atoms with Gasteiger partial charge < -0.3 is 15.3 Å². The van der Waals surface area contributed by atoms with Gasteiger partial charge in [-0.1, -0.05) is 79.8 Å². The highest BCUT2D eigenvalue weighted by Crippen LogP contribution is 2.00. The van der Waals surface area contributed by atoms with Crippen LogP contribution in [0.25, 0.3) is 0 Å². The first kappa shape index (κ1) is 23.8. The lowest BCUT2D eigenvalue weighted by Crippen LogP contribution is -1.99. The van der Waals surface area contributed by atoms with Gasteiger partial charge in [0.05, 0.1) is 12.2 Å². The minimum absolute atomic E-state index is 0.106. The summed E-state index contributed by atoms with van der Waals surface area (Å²) in [6.07, 6.45) is 24.7. The number of aliphatic hydroxyl groups excluding tert-OH is 2. The molecule has 0 aromatic carbocycles. The molecule has 0 saturated heterocycles. The fourth-order valence-corrected chi connectivity index (χ4v) is 1.90. The maximum Gasteiger partial charge on any atom is 0.303 e. The van der Waals surface area contributed by atoms with Crippen LogP contribution in [0.3, 0.4) is 0 Å². The second kappa shape index (κ2) is 17.6. The lowest BCUT2D eigenvalue weighted by Gasteiger charge is -1.99. The van der Waals surface area contributed by atoms with Gasteiger partial charge in [0.2, 0.25) is 0 Å². The van der Waals surface area contributed by atoms with Crippen molar-refractivity contribution in [2.45, 2.75) is 57.7 Å². The average Bonchev–Trinajstić information content (AvgIpc) is 2.60. The molecule has 0 fully saturated rings. The molecule has 2 atom stereocenters. The smallest absolute Gasteiger partial charge is 0.303 e. The van der Waals surface area contributed by atoms with Gasteiger partial charge in [-0.05, 0) is 32.1 Å². The van der Waals surface area contributed by atoms with Crippen molar-refractivity contribution >= 4 is 5.97 Å². The van der Waals surface area contributed by atoms with Crippen molar-refractivity contribution in [1.82, 2.24) is 0 Å². The Morgan fingerprint density at radius 3 is 1.88 bits per heavy atom. The normalized spacial score (nSPS) is 15.5. The van der Waals surface area contributed by atoms with Gasteiger partial charge in [-0.25, -0.2) is 0 Å². The van der Waals surface area contributed by atoms with Crippen molar-refractivity contribution in [3.63, 3.8) is 0 Å². The van der Waals surface area contributed by atoms with Crippen LogP contribution in [0.5, 0.6) is 0 Å². The molecule has 4 heteroatoms. The number of carboxylic acid groups (broad SMARTS) is 1. The van der Waals surface area contributed by atoms with Crippen LogP contribution in [-0.4, -0.2) is 33.5 Å². The zero-order valence-electron chi connectivity index (χ0n) is 15.6. The lowest BCUT2D eigenvalue weighted by atomic mass is 10.2. The third kappa shape index (κ3) is 18.2. The van der Waals surface area contributed by atoms with Crippen molar-refractivity contribution in [3.05, 3.63) is 72.9 Å². The molecule has 0 aromatic heterocycles.